The van der Waals surface area contributed by atoms with Gasteiger partial charge in [-0.05, 0) is 29.8 Å². The first kappa shape index (κ1) is 15.7. The zero-order chi connectivity index (χ0) is 17.1. The molecule has 1 aliphatic rings. The fourth-order valence-electron chi connectivity index (χ4n) is 2.59. The average Bonchev–Trinajstić information content (AvgIpc) is 3.07. The van der Waals surface area contributed by atoms with Gasteiger partial charge < -0.3 is 20.1 Å². The molecule has 2 amide bonds. The quantitative estimate of drug-likeness (QED) is 0.754. The number of amides is 2. The molecule has 1 aromatic heterocycles. The van der Waals surface area contributed by atoms with Crippen LogP contribution in [0.15, 0.2) is 42.5 Å². The number of thiazole rings is 1. The van der Waals surface area contributed by atoms with Gasteiger partial charge >= 0.3 is 6.03 Å². The minimum Gasteiger partial charge on any atom is -0.486 e. The van der Waals surface area contributed by atoms with Crippen molar-refractivity contribution in [2.45, 2.75) is 13.1 Å². The largest absolute Gasteiger partial charge is 0.486 e. The number of benzene rings is 2. The van der Waals surface area contributed by atoms with Gasteiger partial charge in [-0.1, -0.05) is 18.2 Å². The molecule has 0 atom stereocenters. The first-order valence-corrected chi connectivity index (χ1v) is 8.84. The van der Waals surface area contributed by atoms with Crippen LogP contribution in [0.4, 0.5) is 4.79 Å². The van der Waals surface area contributed by atoms with Gasteiger partial charge in [-0.2, -0.15) is 0 Å². The molecular formula is C18H17N3O3S. The van der Waals surface area contributed by atoms with E-state index in [0.717, 1.165) is 32.3 Å². The van der Waals surface area contributed by atoms with E-state index in [1.165, 1.54) is 0 Å². The van der Waals surface area contributed by atoms with E-state index < -0.39 is 0 Å². The average molecular weight is 355 g/mol. The summed E-state index contributed by atoms with van der Waals surface area (Å²) in [5.41, 5.74) is 1.92. The number of para-hydroxylation sites is 1. The third-order valence-electron chi connectivity index (χ3n) is 3.80. The number of hydrogen-bond acceptors (Lipinski definition) is 5. The number of carbonyl (C=O) groups is 1. The molecule has 0 spiro atoms. The SMILES string of the molecule is O=C(NCc1ccc2c(c1)OCCO2)NCc1nc2ccccc2s1. The van der Waals surface area contributed by atoms with Crippen LogP contribution in [0.25, 0.3) is 10.2 Å². The predicted octanol–water partition coefficient (Wildman–Crippen LogP) is 3.07. The van der Waals surface area contributed by atoms with E-state index in [2.05, 4.69) is 15.6 Å². The molecule has 2 aromatic carbocycles. The number of urea groups is 1. The van der Waals surface area contributed by atoms with Crippen LogP contribution >= 0.6 is 11.3 Å². The molecule has 1 aliphatic heterocycles. The highest BCUT2D eigenvalue weighted by Gasteiger charge is 2.12. The lowest BCUT2D eigenvalue weighted by atomic mass is 10.2. The third kappa shape index (κ3) is 3.66. The monoisotopic (exact) mass is 355 g/mol. The van der Waals surface area contributed by atoms with E-state index in [1.807, 2.05) is 42.5 Å². The van der Waals surface area contributed by atoms with E-state index >= 15 is 0 Å². The lowest BCUT2D eigenvalue weighted by Crippen LogP contribution is -2.34. The van der Waals surface area contributed by atoms with Gasteiger partial charge in [0, 0.05) is 6.54 Å². The van der Waals surface area contributed by atoms with Crippen LogP contribution < -0.4 is 20.1 Å². The molecule has 2 N–H and O–H groups in total. The molecule has 25 heavy (non-hydrogen) atoms. The van der Waals surface area contributed by atoms with Crippen LogP contribution in [-0.2, 0) is 13.1 Å². The summed E-state index contributed by atoms with van der Waals surface area (Å²) in [4.78, 5) is 16.5. The van der Waals surface area contributed by atoms with Gasteiger partial charge in [0.15, 0.2) is 11.5 Å². The highest BCUT2D eigenvalue weighted by Crippen LogP contribution is 2.30. The molecular weight excluding hydrogens is 338 g/mol. The standard InChI is InChI=1S/C18H17N3O3S/c22-18(20-11-17-21-13-3-1-2-4-16(13)25-17)19-10-12-5-6-14-15(9-12)24-8-7-23-14/h1-6,9H,7-8,10-11H2,(H2,19,20,22). The Morgan fingerprint density at radius 2 is 1.84 bits per heavy atom. The minimum atomic E-state index is -0.228. The summed E-state index contributed by atoms with van der Waals surface area (Å²) in [6, 6.07) is 13.4. The molecule has 0 bridgehead atoms. The Balaban J connectivity index is 1.30. The second-order valence-electron chi connectivity index (χ2n) is 5.59. The smallest absolute Gasteiger partial charge is 0.315 e. The Labute approximate surface area is 148 Å². The number of nitrogens with zero attached hydrogens (tertiary/aromatic N) is 1. The zero-order valence-corrected chi connectivity index (χ0v) is 14.3. The van der Waals surface area contributed by atoms with Crippen LogP contribution in [0.3, 0.4) is 0 Å². The predicted molar refractivity (Wildman–Crippen MR) is 96.1 cm³/mol. The number of rotatable bonds is 4. The Morgan fingerprint density at radius 3 is 2.72 bits per heavy atom. The number of ether oxygens (including phenoxy) is 2. The highest BCUT2D eigenvalue weighted by molar-refractivity contribution is 7.18. The van der Waals surface area contributed by atoms with Gasteiger partial charge in [-0.25, -0.2) is 9.78 Å². The van der Waals surface area contributed by atoms with Crippen molar-refractivity contribution in [1.29, 1.82) is 0 Å². The molecule has 4 rings (SSSR count). The molecule has 0 saturated carbocycles. The number of nitrogens with one attached hydrogen (secondary N) is 2. The van der Waals surface area contributed by atoms with Gasteiger partial charge in [0.05, 0.1) is 16.8 Å². The lowest BCUT2D eigenvalue weighted by Gasteiger charge is -2.19. The minimum absolute atomic E-state index is 0.228. The van der Waals surface area contributed by atoms with Crippen molar-refractivity contribution in [3.8, 4) is 11.5 Å². The Morgan fingerprint density at radius 1 is 1.04 bits per heavy atom. The number of fused-ring (bicyclic) bond motifs is 2. The molecule has 2 heterocycles. The van der Waals surface area contributed by atoms with E-state index in [-0.39, 0.29) is 6.03 Å². The third-order valence-corrected chi connectivity index (χ3v) is 4.83. The van der Waals surface area contributed by atoms with Crippen LogP contribution in [0, 0.1) is 0 Å². The van der Waals surface area contributed by atoms with Gasteiger partial charge in [-0.15, -0.1) is 11.3 Å². The molecule has 0 saturated heterocycles. The van der Waals surface area contributed by atoms with Crippen molar-refractivity contribution in [1.82, 2.24) is 15.6 Å². The molecule has 0 fully saturated rings. The molecule has 0 radical (unpaired) electrons. The topological polar surface area (TPSA) is 72.5 Å². The molecule has 3 aromatic rings. The number of aromatic nitrogens is 1. The number of carbonyl (C=O) groups excluding carboxylic acids is 1. The lowest BCUT2D eigenvalue weighted by molar-refractivity contribution is 0.171. The van der Waals surface area contributed by atoms with E-state index in [1.54, 1.807) is 11.3 Å². The Hall–Kier alpha value is -2.80. The molecule has 6 nitrogen and oxygen atoms in total. The van der Waals surface area contributed by atoms with Gasteiger partial charge in [0.1, 0.15) is 18.2 Å². The maximum absolute atomic E-state index is 12.0. The first-order chi connectivity index (χ1) is 12.3. The van der Waals surface area contributed by atoms with Crippen molar-refractivity contribution < 1.29 is 14.3 Å². The van der Waals surface area contributed by atoms with Crippen molar-refractivity contribution in [3.63, 3.8) is 0 Å². The summed E-state index contributed by atoms with van der Waals surface area (Å²) in [7, 11) is 0. The van der Waals surface area contributed by atoms with Crippen molar-refractivity contribution in [3.05, 3.63) is 53.0 Å². The van der Waals surface area contributed by atoms with Gasteiger partial charge in [-0.3, -0.25) is 0 Å². The van der Waals surface area contributed by atoms with E-state index in [0.29, 0.717) is 26.3 Å². The maximum Gasteiger partial charge on any atom is 0.315 e. The summed E-state index contributed by atoms with van der Waals surface area (Å²) in [5, 5.41) is 6.56. The summed E-state index contributed by atoms with van der Waals surface area (Å²) < 4.78 is 12.2. The Kier molecular flexibility index (Phi) is 4.39. The van der Waals surface area contributed by atoms with Gasteiger partial charge in [0.2, 0.25) is 0 Å². The highest BCUT2D eigenvalue weighted by atomic mass is 32.1. The molecule has 0 unspecified atom stereocenters. The summed E-state index contributed by atoms with van der Waals surface area (Å²) in [5.74, 6) is 1.47. The summed E-state index contributed by atoms with van der Waals surface area (Å²) >= 11 is 1.59. The van der Waals surface area contributed by atoms with Gasteiger partial charge in [0.25, 0.3) is 0 Å². The normalized spacial score (nSPS) is 12.8. The molecule has 7 heteroatoms. The number of hydrogen-bond donors (Lipinski definition) is 2. The first-order valence-electron chi connectivity index (χ1n) is 8.02. The maximum atomic E-state index is 12.0. The summed E-state index contributed by atoms with van der Waals surface area (Å²) in [6.45, 7) is 1.94. The fraction of sp³-hybridized carbons (Fsp3) is 0.222. The van der Waals surface area contributed by atoms with Crippen LogP contribution in [-0.4, -0.2) is 24.2 Å². The van der Waals surface area contributed by atoms with Crippen molar-refractivity contribution >= 4 is 27.6 Å². The fourth-order valence-corrected chi connectivity index (χ4v) is 3.50. The van der Waals surface area contributed by atoms with Crippen LogP contribution in [0.5, 0.6) is 11.5 Å². The zero-order valence-electron chi connectivity index (χ0n) is 13.5. The summed E-state index contributed by atoms with van der Waals surface area (Å²) in [6.07, 6.45) is 0. The molecule has 0 aliphatic carbocycles. The second-order valence-corrected chi connectivity index (χ2v) is 6.70. The van der Waals surface area contributed by atoms with E-state index in [9.17, 15) is 4.79 Å². The van der Waals surface area contributed by atoms with Crippen LogP contribution in [0.1, 0.15) is 10.6 Å². The van der Waals surface area contributed by atoms with Crippen LogP contribution in [0.2, 0.25) is 0 Å². The molecule has 128 valence electrons. The van der Waals surface area contributed by atoms with Crippen molar-refractivity contribution in [2.24, 2.45) is 0 Å². The van der Waals surface area contributed by atoms with E-state index in [4.69, 9.17) is 9.47 Å². The second kappa shape index (κ2) is 6.98. The Bertz CT molecular complexity index is 876. The van der Waals surface area contributed by atoms with Crippen molar-refractivity contribution in [2.75, 3.05) is 13.2 Å².